The monoisotopic (exact) mass is 262 g/mol. The Morgan fingerprint density at radius 2 is 1.95 bits per heavy atom. The van der Waals surface area contributed by atoms with E-state index in [1.165, 1.54) is 6.07 Å². The van der Waals surface area contributed by atoms with Crippen LogP contribution in [-0.4, -0.2) is 17.7 Å². The van der Waals surface area contributed by atoms with Gasteiger partial charge in [0.1, 0.15) is 5.82 Å². The van der Waals surface area contributed by atoms with E-state index in [0.29, 0.717) is 5.41 Å². The molecule has 0 aliphatic rings. The molecule has 3 heteroatoms. The molecule has 1 heterocycles. The highest BCUT2D eigenvalue weighted by atomic mass is 19.1. The number of hydrogen-bond donors (Lipinski definition) is 1. The lowest BCUT2D eigenvalue weighted by atomic mass is 9.92. The minimum Gasteiger partial charge on any atom is -0.346 e. The average Bonchev–Trinajstić information content (AvgIpc) is 2.70. The first-order chi connectivity index (χ1) is 8.96. The summed E-state index contributed by atoms with van der Waals surface area (Å²) >= 11 is 0. The van der Waals surface area contributed by atoms with Gasteiger partial charge in [0.15, 0.2) is 0 Å². The second-order valence-corrected chi connectivity index (χ2v) is 6.27. The van der Waals surface area contributed by atoms with Gasteiger partial charge in [-0.1, -0.05) is 20.8 Å². The smallest absolute Gasteiger partial charge is 0.125 e. The van der Waals surface area contributed by atoms with Crippen molar-refractivity contribution in [2.45, 2.75) is 33.7 Å². The van der Waals surface area contributed by atoms with Crippen molar-refractivity contribution in [2.75, 3.05) is 13.1 Å². The van der Waals surface area contributed by atoms with Gasteiger partial charge in [0.25, 0.3) is 0 Å². The van der Waals surface area contributed by atoms with Crippen molar-refractivity contribution in [3.8, 4) is 0 Å². The second kappa shape index (κ2) is 5.74. The summed E-state index contributed by atoms with van der Waals surface area (Å²) < 4.78 is 15.3. The van der Waals surface area contributed by atoms with E-state index in [9.17, 15) is 4.39 Å². The van der Waals surface area contributed by atoms with E-state index in [-0.39, 0.29) is 5.82 Å². The lowest BCUT2D eigenvalue weighted by Crippen LogP contribution is -2.24. The number of hydrogen-bond acceptors (Lipinski definition) is 1. The highest BCUT2D eigenvalue weighted by molar-refractivity contribution is 5.80. The maximum atomic E-state index is 13.2. The van der Waals surface area contributed by atoms with Gasteiger partial charge in [-0.25, -0.2) is 4.39 Å². The number of halogens is 1. The van der Waals surface area contributed by atoms with Crippen molar-refractivity contribution in [3.05, 3.63) is 36.3 Å². The molecular weight excluding hydrogens is 239 g/mol. The van der Waals surface area contributed by atoms with E-state index >= 15 is 0 Å². The van der Waals surface area contributed by atoms with Crippen LogP contribution in [0.15, 0.2) is 30.5 Å². The Morgan fingerprint density at radius 3 is 2.68 bits per heavy atom. The molecule has 0 fully saturated rings. The Bertz CT molecular complexity index is 537. The minimum atomic E-state index is -0.173. The van der Waals surface area contributed by atoms with Crippen LogP contribution in [0.2, 0.25) is 0 Å². The third-order valence-corrected chi connectivity index (χ3v) is 3.32. The van der Waals surface area contributed by atoms with Gasteiger partial charge in [-0.15, -0.1) is 0 Å². The Kier molecular flexibility index (Phi) is 4.25. The van der Waals surface area contributed by atoms with Gasteiger partial charge in [-0.05, 0) is 48.0 Å². The van der Waals surface area contributed by atoms with Crippen molar-refractivity contribution in [2.24, 2.45) is 5.41 Å². The molecule has 0 saturated heterocycles. The summed E-state index contributed by atoms with van der Waals surface area (Å²) in [6.45, 7) is 9.55. The van der Waals surface area contributed by atoms with Gasteiger partial charge in [0.05, 0.1) is 5.52 Å². The topological polar surface area (TPSA) is 17.0 Å². The molecule has 0 aliphatic carbocycles. The number of nitrogens with zero attached hydrogens (tertiary/aromatic N) is 1. The van der Waals surface area contributed by atoms with E-state index < -0.39 is 0 Å². The zero-order valence-corrected chi connectivity index (χ0v) is 12.0. The van der Waals surface area contributed by atoms with E-state index in [2.05, 4.69) is 30.7 Å². The average molecular weight is 262 g/mol. The molecular formula is C16H23FN2. The molecule has 0 aliphatic heterocycles. The molecule has 0 radical (unpaired) electrons. The molecule has 1 N–H and O–H groups in total. The largest absolute Gasteiger partial charge is 0.346 e. The van der Waals surface area contributed by atoms with E-state index in [0.717, 1.165) is 37.0 Å². The lowest BCUT2D eigenvalue weighted by molar-refractivity contribution is 0.365. The molecule has 0 unspecified atom stereocenters. The highest BCUT2D eigenvalue weighted by Gasteiger charge is 2.08. The molecule has 2 aromatic rings. The van der Waals surface area contributed by atoms with Gasteiger partial charge in [0, 0.05) is 19.3 Å². The molecule has 2 nitrogen and oxygen atoms in total. The van der Waals surface area contributed by atoms with Crippen molar-refractivity contribution < 1.29 is 4.39 Å². The molecule has 0 saturated carbocycles. The summed E-state index contributed by atoms with van der Waals surface area (Å²) in [5.41, 5.74) is 1.34. The van der Waals surface area contributed by atoms with Crippen LogP contribution in [0.4, 0.5) is 4.39 Å². The fraction of sp³-hybridized carbons (Fsp3) is 0.500. The predicted octanol–water partition coefficient (Wildman–Crippen LogP) is 3.81. The Balaban J connectivity index is 1.86. The number of aromatic nitrogens is 1. The highest BCUT2D eigenvalue weighted by Crippen LogP contribution is 2.18. The van der Waals surface area contributed by atoms with Gasteiger partial charge >= 0.3 is 0 Å². The van der Waals surface area contributed by atoms with E-state index in [1.807, 2.05) is 18.3 Å². The van der Waals surface area contributed by atoms with Crippen LogP contribution in [0.5, 0.6) is 0 Å². The van der Waals surface area contributed by atoms with Crippen LogP contribution in [0.1, 0.15) is 27.2 Å². The van der Waals surface area contributed by atoms with Gasteiger partial charge in [-0.2, -0.15) is 0 Å². The SMILES string of the molecule is CC(C)(C)CCNCCn1ccc2ccc(F)cc21. The number of nitrogens with one attached hydrogen (secondary N) is 1. The van der Waals surface area contributed by atoms with Crippen molar-refractivity contribution in [3.63, 3.8) is 0 Å². The molecule has 104 valence electrons. The summed E-state index contributed by atoms with van der Waals surface area (Å²) in [7, 11) is 0. The number of rotatable bonds is 5. The standard InChI is InChI=1S/C16H23FN2/c1-16(2,3)7-8-18-9-11-19-10-6-13-4-5-14(17)12-15(13)19/h4-6,10,12,18H,7-9,11H2,1-3H3. The quantitative estimate of drug-likeness (QED) is 0.811. The first-order valence-electron chi connectivity index (χ1n) is 6.91. The summed E-state index contributed by atoms with van der Waals surface area (Å²) in [6.07, 6.45) is 3.18. The third kappa shape index (κ3) is 4.06. The second-order valence-electron chi connectivity index (χ2n) is 6.27. The summed E-state index contributed by atoms with van der Waals surface area (Å²) in [4.78, 5) is 0. The maximum Gasteiger partial charge on any atom is 0.125 e. The fourth-order valence-corrected chi connectivity index (χ4v) is 2.14. The molecule has 1 aromatic heterocycles. The number of benzene rings is 1. The summed E-state index contributed by atoms with van der Waals surface area (Å²) in [5, 5.41) is 4.54. The van der Waals surface area contributed by atoms with Crippen molar-refractivity contribution in [1.29, 1.82) is 0 Å². The normalized spacial score (nSPS) is 12.2. The molecule has 19 heavy (non-hydrogen) atoms. The van der Waals surface area contributed by atoms with Gasteiger partial charge in [-0.3, -0.25) is 0 Å². The van der Waals surface area contributed by atoms with Crippen LogP contribution in [0, 0.1) is 11.2 Å². The molecule has 0 spiro atoms. The Labute approximate surface area is 114 Å². The zero-order valence-electron chi connectivity index (χ0n) is 12.0. The van der Waals surface area contributed by atoms with Crippen LogP contribution in [0.25, 0.3) is 10.9 Å². The summed E-state index contributed by atoms with van der Waals surface area (Å²) in [6, 6.07) is 6.97. The molecule has 0 bridgehead atoms. The minimum absolute atomic E-state index is 0.173. The summed E-state index contributed by atoms with van der Waals surface area (Å²) in [5.74, 6) is -0.173. The molecule has 2 rings (SSSR count). The Hall–Kier alpha value is -1.35. The van der Waals surface area contributed by atoms with Crippen molar-refractivity contribution in [1.82, 2.24) is 9.88 Å². The van der Waals surface area contributed by atoms with Gasteiger partial charge < -0.3 is 9.88 Å². The maximum absolute atomic E-state index is 13.2. The van der Waals surface area contributed by atoms with Crippen LogP contribution < -0.4 is 5.32 Å². The fourth-order valence-electron chi connectivity index (χ4n) is 2.14. The van der Waals surface area contributed by atoms with E-state index in [1.54, 1.807) is 6.07 Å². The van der Waals surface area contributed by atoms with Crippen LogP contribution in [-0.2, 0) is 6.54 Å². The van der Waals surface area contributed by atoms with Gasteiger partial charge in [0.2, 0.25) is 0 Å². The first kappa shape index (κ1) is 14.1. The van der Waals surface area contributed by atoms with Crippen LogP contribution >= 0.6 is 0 Å². The number of fused-ring (bicyclic) bond motifs is 1. The molecule has 0 amide bonds. The lowest BCUT2D eigenvalue weighted by Gasteiger charge is -2.18. The Morgan fingerprint density at radius 1 is 1.16 bits per heavy atom. The molecule has 1 aromatic carbocycles. The first-order valence-corrected chi connectivity index (χ1v) is 6.91. The third-order valence-electron chi connectivity index (χ3n) is 3.32. The van der Waals surface area contributed by atoms with Crippen molar-refractivity contribution >= 4 is 10.9 Å². The molecule has 0 atom stereocenters. The van der Waals surface area contributed by atoms with Crippen LogP contribution in [0.3, 0.4) is 0 Å². The zero-order chi connectivity index (χ0) is 13.9. The van der Waals surface area contributed by atoms with E-state index in [4.69, 9.17) is 0 Å². The predicted molar refractivity (Wildman–Crippen MR) is 78.8 cm³/mol.